The highest BCUT2D eigenvalue weighted by Crippen LogP contribution is 2.22. The lowest BCUT2D eigenvalue weighted by molar-refractivity contribution is 1.13. The monoisotopic (exact) mass is 188 g/mol. The SMILES string of the molecule is C.C=Cc1c(CC)cccc1C(=C)C. The lowest BCUT2D eigenvalue weighted by Crippen LogP contribution is -1.91. The van der Waals surface area contributed by atoms with E-state index in [1.165, 1.54) is 16.7 Å². The summed E-state index contributed by atoms with van der Waals surface area (Å²) in [5.41, 5.74) is 4.90. The Labute approximate surface area is 88.0 Å². The van der Waals surface area contributed by atoms with Gasteiger partial charge in [-0.25, -0.2) is 0 Å². The van der Waals surface area contributed by atoms with E-state index in [0.29, 0.717) is 0 Å². The van der Waals surface area contributed by atoms with Crippen LogP contribution in [0.25, 0.3) is 11.6 Å². The van der Waals surface area contributed by atoms with Crippen LogP contribution in [0.2, 0.25) is 0 Å². The van der Waals surface area contributed by atoms with E-state index in [9.17, 15) is 0 Å². The second-order valence-electron chi connectivity index (χ2n) is 3.22. The first kappa shape index (κ1) is 12.7. The van der Waals surface area contributed by atoms with Crippen molar-refractivity contribution >= 4 is 11.6 Å². The Morgan fingerprint density at radius 3 is 2.50 bits per heavy atom. The molecule has 0 bridgehead atoms. The second kappa shape index (κ2) is 5.43. The first-order valence-electron chi connectivity index (χ1n) is 4.61. The summed E-state index contributed by atoms with van der Waals surface area (Å²) in [5, 5.41) is 0. The number of aryl methyl sites for hydroxylation is 1. The van der Waals surface area contributed by atoms with Gasteiger partial charge in [-0.1, -0.05) is 57.4 Å². The minimum atomic E-state index is 0. The van der Waals surface area contributed by atoms with Crippen LogP contribution in [0.4, 0.5) is 0 Å². The van der Waals surface area contributed by atoms with E-state index in [2.05, 4.69) is 38.3 Å². The first-order chi connectivity index (χ1) is 6.20. The van der Waals surface area contributed by atoms with Crippen LogP contribution in [-0.4, -0.2) is 0 Å². The highest BCUT2D eigenvalue weighted by atomic mass is 14.1. The first-order valence-corrected chi connectivity index (χ1v) is 4.61. The average molecular weight is 188 g/mol. The molecule has 0 amide bonds. The molecule has 0 aromatic heterocycles. The molecule has 0 heteroatoms. The predicted molar refractivity (Wildman–Crippen MR) is 67.4 cm³/mol. The molecular weight excluding hydrogens is 168 g/mol. The van der Waals surface area contributed by atoms with Crippen LogP contribution >= 0.6 is 0 Å². The van der Waals surface area contributed by atoms with Crippen LogP contribution in [0.1, 0.15) is 38.0 Å². The lowest BCUT2D eigenvalue weighted by atomic mass is 9.96. The van der Waals surface area contributed by atoms with Gasteiger partial charge in [0, 0.05) is 0 Å². The van der Waals surface area contributed by atoms with Gasteiger partial charge in [-0.3, -0.25) is 0 Å². The molecule has 0 radical (unpaired) electrons. The van der Waals surface area contributed by atoms with Gasteiger partial charge in [0.15, 0.2) is 0 Å². The van der Waals surface area contributed by atoms with Crippen molar-refractivity contribution < 1.29 is 0 Å². The van der Waals surface area contributed by atoms with Gasteiger partial charge in [-0.15, -0.1) is 0 Å². The summed E-state index contributed by atoms with van der Waals surface area (Å²) in [5.74, 6) is 0. The van der Waals surface area contributed by atoms with E-state index in [0.717, 1.165) is 12.0 Å². The zero-order chi connectivity index (χ0) is 9.84. The highest BCUT2D eigenvalue weighted by Gasteiger charge is 2.03. The van der Waals surface area contributed by atoms with E-state index >= 15 is 0 Å². The molecule has 1 aromatic rings. The molecule has 1 aromatic carbocycles. The molecule has 0 saturated carbocycles. The van der Waals surface area contributed by atoms with Gasteiger partial charge in [0.1, 0.15) is 0 Å². The standard InChI is InChI=1S/C13H16.CH4/c1-5-11-8-7-9-13(10(3)4)12(11)6-2;/h6-9H,2-3,5H2,1,4H3;1H4. The zero-order valence-electron chi connectivity index (χ0n) is 8.43. The molecule has 0 nitrogen and oxygen atoms in total. The molecule has 0 fully saturated rings. The maximum absolute atomic E-state index is 3.96. The van der Waals surface area contributed by atoms with E-state index < -0.39 is 0 Å². The van der Waals surface area contributed by atoms with E-state index in [4.69, 9.17) is 0 Å². The minimum absolute atomic E-state index is 0. The van der Waals surface area contributed by atoms with Crippen molar-refractivity contribution in [1.82, 2.24) is 0 Å². The number of allylic oxidation sites excluding steroid dienone is 1. The van der Waals surface area contributed by atoms with Crippen LogP contribution in [0.5, 0.6) is 0 Å². The topological polar surface area (TPSA) is 0 Å². The quantitative estimate of drug-likeness (QED) is 0.652. The molecule has 76 valence electrons. The largest absolute Gasteiger partial charge is 0.0984 e. The summed E-state index contributed by atoms with van der Waals surface area (Å²) >= 11 is 0. The van der Waals surface area contributed by atoms with Crippen molar-refractivity contribution in [2.75, 3.05) is 0 Å². The molecule has 14 heavy (non-hydrogen) atoms. The number of benzene rings is 1. The van der Waals surface area contributed by atoms with Crippen LogP contribution < -0.4 is 0 Å². The smallest absolute Gasteiger partial charge is 0.0155 e. The summed E-state index contributed by atoms with van der Waals surface area (Å²) < 4.78 is 0. The Balaban J connectivity index is 0.00000169. The zero-order valence-corrected chi connectivity index (χ0v) is 8.43. The average Bonchev–Trinajstić information content (AvgIpc) is 2.16. The fourth-order valence-electron chi connectivity index (χ4n) is 1.53. The third-order valence-corrected chi connectivity index (χ3v) is 2.24. The summed E-state index contributed by atoms with van der Waals surface area (Å²) in [6.45, 7) is 12.0. The molecule has 0 heterocycles. The Morgan fingerprint density at radius 2 is 2.07 bits per heavy atom. The fraction of sp³-hybridized carbons (Fsp3) is 0.286. The van der Waals surface area contributed by atoms with Gasteiger partial charge < -0.3 is 0 Å². The molecule has 0 N–H and O–H groups in total. The molecular formula is C14H20. The van der Waals surface area contributed by atoms with Crippen LogP contribution in [0, 0.1) is 0 Å². The van der Waals surface area contributed by atoms with Crippen molar-refractivity contribution in [2.24, 2.45) is 0 Å². The predicted octanol–water partition coefficient (Wildman–Crippen LogP) is 4.56. The van der Waals surface area contributed by atoms with Gasteiger partial charge in [0.25, 0.3) is 0 Å². The summed E-state index contributed by atoms with van der Waals surface area (Å²) in [6, 6.07) is 6.32. The highest BCUT2D eigenvalue weighted by molar-refractivity contribution is 5.73. The van der Waals surface area contributed by atoms with E-state index in [1.807, 2.05) is 13.0 Å². The molecule has 0 aliphatic carbocycles. The molecule has 1 rings (SSSR count). The van der Waals surface area contributed by atoms with Crippen molar-refractivity contribution in [3.05, 3.63) is 48.0 Å². The van der Waals surface area contributed by atoms with Crippen LogP contribution in [0.15, 0.2) is 31.4 Å². The normalized spacial score (nSPS) is 9.00. The molecule has 0 aliphatic rings. The third-order valence-electron chi connectivity index (χ3n) is 2.24. The Morgan fingerprint density at radius 1 is 1.43 bits per heavy atom. The van der Waals surface area contributed by atoms with Crippen molar-refractivity contribution in [3.63, 3.8) is 0 Å². The van der Waals surface area contributed by atoms with Gasteiger partial charge in [-0.05, 0) is 30.0 Å². The Hall–Kier alpha value is -1.30. The lowest BCUT2D eigenvalue weighted by Gasteiger charge is -2.09. The van der Waals surface area contributed by atoms with Crippen molar-refractivity contribution in [1.29, 1.82) is 0 Å². The van der Waals surface area contributed by atoms with Gasteiger partial charge in [-0.2, -0.15) is 0 Å². The number of rotatable bonds is 3. The molecule has 0 unspecified atom stereocenters. The summed E-state index contributed by atoms with van der Waals surface area (Å²) in [4.78, 5) is 0. The van der Waals surface area contributed by atoms with Gasteiger partial charge >= 0.3 is 0 Å². The van der Waals surface area contributed by atoms with E-state index in [1.54, 1.807) is 0 Å². The van der Waals surface area contributed by atoms with Crippen molar-refractivity contribution in [3.8, 4) is 0 Å². The van der Waals surface area contributed by atoms with E-state index in [-0.39, 0.29) is 7.43 Å². The summed E-state index contributed by atoms with van der Waals surface area (Å²) in [6.07, 6.45) is 2.96. The van der Waals surface area contributed by atoms with Crippen molar-refractivity contribution in [2.45, 2.75) is 27.7 Å². The minimum Gasteiger partial charge on any atom is -0.0984 e. The summed E-state index contributed by atoms with van der Waals surface area (Å²) in [7, 11) is 0. The maximum Gasteiger partial charge on any atom is -0.0155 e. The second-order valence-corrected chi connectivity index (χ2v) is 3.22. The Kier molecular flexibility index (Phi) is 4.93. The van der Waals surface area contributed by atoms with Gasteiger partial charge in [0.2, 0.25) is 0 Å². The Bertz CT molecular complexity index is 332. The maximum atomic E-state index is 3.96. The number of hydrogen-bond donors (Lipinski definition) is 0. The number of hydrogen-bond acceptors (Lipinski definition) is 0. The molecule has 0 spiro atoms. The van der Waals surface area contributed by atoms with Crippen LogP contribution in [-0.2, 0) is 6.42 Å². The molecule has 0 atom stereocenters. The van der Waals surface area contributed by atoms with Gasteiger partial charge in [0.05, 0.1) is 0 Å². The van der Waals surface area contributed by atoms with Crippen LogP contribution in [0.3, 0.4) is 0 Å². The fourth-order valence-corrected chi connectivity index (χ4v) is 1.53. The molecule has 0 saturated heterocycles. The molecule has 0 aliphatic heterocycles. The third kappa shape index (κ3) is 2.35.